The number of carbonyl (C=O) groups excluding carboxylic acids is 1. The van der Waals surface area contributed by atoms with Crippen LogP contribution in [-0.4, -0.2) is 31.5 Å². The van der Waals surface area contributed by atoms with Crippen molar-refractivity contribution in [2.24, 2.45) is 10.1 Å². The molecule has 1 aromatic heterocycles. The Kier molecular flexibility index (Phi) is 4.86. The predicted molar refractivity (Wildman–Crippen MR) is 126 cm³/mol. The standard InChI is InChI=1S/C24H18FN5OS/c1-14-11-17(15(2)29(14)19-10-6-9-18(25)13-19)12-20-21(26)30-24(27-22(20)31)32-23(28-30)16-7-4-3-5-8-16/h3-13,26H,1-2H3/b20-12-,26-21?. The Labute approximate surface area is 188 Å². The molecule has 6 nitrogen and oxygen atoms in total. The van der Waals surface area contributed by atoms with E-state index in [-0.39, 0.29) is 17.2 Å². The van der Waals surface area contributed by atoms with E-state index in [0.717, 1.165) is 22.5 Å². The van der Waals surface area contributed by atoms with Crippen molar-refractivity contribution in [3.05, 3.63) is 94.6 Å². The van der Waals surface area contributed by atoms with Crippen LogP contribution in [-0.2, 0) is 4.79 Å². The predicted octanol–water partition coefficient (Wildman–Crippen LogP) is 4.90. The van der Waals surface area contributed by atoms with E-state index >= 15 is 0 Å². The highest BCUT2D eigenvalue weighted by atomic mass is 32.2. The molecule has 0 atom stereocenters. The van der Waals surface area contributed by atoms with Crippen molar-refractivity contribution in [3.8, 4) is 5.69 Å². The molecule has 5 rings (SSSR count). The minimum atomic E-state index is -0.478. The molecular formula is C24H18FN5OS. The van der Waals surface area contributed by atoms with Gasteiger partial charge < -0.3 is 4.57 Å². The summed E-state index contributed by atoms with van der Waals surface area (Å²) in [6.07, 6.45) is 1.66. The highest BCUT2D eigenvalue weighted by Gasteiger charge is 2.36. The third-order valence-corrected chi connectivity index (χ3v) is 6.27. The van der Waals surface area contributed by atoms with Gasteiger partial charge in [0.2, 0.25) is 5.17 Å². The van der Waals surface area contributed by atoms with Crippen molar-refractivity contribution in [2.45, 2.75) is 13.8 Å². The molecule has 3 heterocycles. The summed E-state index contributed by atoms with van der Waals surface area (Å²) in [4.78, 5) is 16.9. The number of carbonyl (C=O) groups is 1. The van der Waals surface area contributed by atoms with Gasteiger partial charge in [-0.15, -0.1) is 0 Å². The second kappa shape index (κ2) is 7.72. The van der Waals surface area contributed by atoms with Gasteiger partial charge in [0.1, 0.15) is 10.9 Å². The summed E-state index contributed by atoms with van der Waals surface area (Å²) in [7, 11) is 0. The topological polar surface area (TPSA) is 73.8 Å². The second-order valence-corrected chi connectivity index (χ2v) is 8.39. The van der Waals surface area contributed by atoms with Gasteiger partial charge in [0.15, 0.2) is 5.84 Å². The molecule has 1 N–H and O–H groups in total. The number of fused-ring (bicyclic) bond motifs is 1. The van der Waals surface area contributed by atoms with Gasteiger partial charge in [-0.3, -0.25) is 10.2 Å². The average Bonchev–Trinajstić information content (AvgIpc) is 3.32. The van der Waals surface area contributed by atoms with Crippen molar-refractivity contribution < 1.29 is 9.18 Å². The molecule has 0 fully saturated rings. The molecule has 32 heavy (non-hydrogen) atoms. The Morgan fingerprint density at radius 2 is 1.84 bits per heavy atom. The van der Waals surface area contributed by atoms with Crippen molar-refractivity contribution in [1.29, 1.82) is 5.41 Å². The van der Waals surface area contributed by atoms with E-state index in [9.17, 15) is 9.18 Å². The molecule has 3 aromatic rings. The first-order valence-corrected chi connectivity index (χ1v) is 10.7. The Morgan fingerprint density at radius 3 is 2.59 bits per heavy atom. The zero-order valence-corrected chi connectivity index (χ0v) is 18.2. The van der Waals surface area contributed by atoms with Crippen LogP contribution in [0.2, 0.25) is 0 Å². The fourth-order valence-corrected chi connectivity index (χ4v) is 4.69. The molecule has 0 saturated heterocycles. The van der Waals surface area contributed by atoms with E-state index in [1.165, 1.54) is 28.9 Å². The summed E-state index contributed by atoms with van der Waals surface area (Å²) in [5.74, 6) is -0.817. The molecule has 0 bridgehead atoms. The maximum atomic E-state index is 13.7. The first kappa shape index (κ1) is 20.1. The van der Waals surface area contributed by atoms with Crippen molar-refractivity contribution in [3.63, 3.8) is 0 Å². The summed E-state index contributed by atoms with van der Waals surface area (Å²) < 4.78 is 15.7. The van der Waals surface area contributed by atoms with Crippen LogP contribution >= 0.6 is 11.8 Å². The van der Waals surface area contributed by atoms with Crippen LogP contribution in [0, 0.1) is 25.1 Å². The van der Waals surface area contributed by atoms with Gasteiger partial charge in [-0.25, -0.2) is 4.39 Å². The highest BCUT2D eigenvalue weighted by Crippen LogP contribution is 2.31. The van der Waals surface area contributed by atoms with E-state index in [2.05, 4.69) is 10.1 Å². The van der Waals surface area contributed by atoms with Crippen molar-refractivity contribution >= 4 is 39.8 Å². The first-order chi connectivity index (χ1) is 15.4. The SMILES string of the molecule is Cc1cc(/C=C2/C(=N)N3N=C(c4ccccc4)SC3=NC2=O)c(C)n1-c1cccc(F)c1. The molecule has 0 aliphatic carbocycles. The Morgan fingerprint density at radius 1 is 1.06 bits per heavy atom. The van der Waals surface area contributed by atoms with E-state index in [4.69, 9.17) is 5.41 Å². The van der Waals surface area contributed by atoms with Crippen molar-refractivity contribution in [1.82, 2.24) is 9.58 Å². The van der Waals surface area contributed by atoms with Gasteiger partial charge in [0.25, 0.3) is 5.91 Å². The number of nitrogens with zero attached hydrogens (tertiary/aromatic N) is 4. The van der Waals surface area contributed by atoms with Crippen LogP contribution in [0.1, 0.15) is 22.5 Å². The number of hydrazone groups is 1. The number of benzene rings is 2. The fourth-order valence-electron chi connectivity index (χ4n) is 3.79. The monoisotopic (exact) mass is 443 g/mol. The van der Waals surface area contributed by atoms with Gasteiger partial charge >= 0.3 is 0 Å². The molecule has 2 aromatic carbocycles. The Bertz CT molecular complexity index is 1370. The molecule has 0 radical (unpaired) electrons. The number of thioether (sulfide) groups is 1. The number of aliphatic imine (C=N–C) groups is 1. The minimum absolute atomic E-state index is 0.0195. The van der Waals surface area contributed by atoms with Crippen LogP contribution in [0.15, 0.2) is 76.3 Å². The number of hydrogen-bond acceptors (Lipinski definition) is 4. The second-order valence-electron chi connectivity index (χ2n) is 7.43. The zero-order valence-electron chi connectivity index (χ0n) is 17.3. The first-order valence-electron chi connectivity index (χ1n) is 9.93. The van der Waals surface area contributed by atoms with Gasteiger partial charge in [0, 0.05) is 22.6 Å². The molecule has 1 amide bonds. The number of aromatic nitrogens is 1. The molecule has 2 aliphatic heterocycles. The Balaban J connectivity index is 1.52. The van der Waals surface area contributed by atoms with Crippen LogP contribution in [0.4, 0.5) is 4.39 Å². The smallest absolute Gasteiger partial charge is 0.283 e. The van der Waals surface area contributed by atoms with Crippen LogP contribution < -0.4 is 0 Å². The van der Waals surface area contributed by atoms with Gasteiger partial charge in [-0.05, 0) is 61.5 Å². The molecule has 8 heteroatoms. The van der Waals surface area contributed by atoms with Gasteiger partial charge in [0.05, 0.1) is 5.57 Å². The lowest BCUT2D eigenvalue weighted by Crippen LogP contribution is -2.35. The quantitative estimate of drug-likeness (QED) is 0.585. The van der Waals surface area contributed by atoms with Gasteiger partial charge in [-0.1, -0.05) is 36.4 Å². The molecule has 0 spiro atoms. The molecule has 158 valence electrons. The van der Waals surface area contributed by atoms with E-state index < -0.39 is 5.91 Å². The van der Waals surface area contributed by atoms with E-state index in [0.29, 0.717) is 15.9 Å². The fraction of sp³-hybridized carbons (Fsp3) is 0.0833. The molecule has 0 saturated carbocycles. The van der Waals surface area contributed by atoms with Crippen LogP contribution in [0.5, 0.6) is 0 Å². The summed E-state index contributed by atoms with van der Waals surface area (Å²) in [6, 6.07) is 17.8. The maximum Gasteiger partial charge on any atom is 0.283 e. The molecule has 0 unspecified atom stereocenters. The summed E-state index contributed by atoms with van der Waals surface area (Å²) >= 11 is 1.27. The van der Waals surface area contributed by atoms with Crippen molar-refractivity contribution in [2.75, 3.05) is 0 Å². The number of halogens is 1. The normalized spacial score (nSPS) is 17.0. The zero-order chi connectivity index (χ0) is 22.4. The number of nitrogens with one attached hydrogen (secondary N) is 1. The lowest BCUT2D eigenvalue weighted by molar-refractivity contribution is -0.114. The number of rotatable bonds is 3. The molecular weight excluding hydrogens is 425 g/mol. The summed E-state index contributed by atoms with van der Waals surface area (Å²) in [5, 5.41) is 15.6. The summed E-state index contributed by atoms with van der Waals surface area (Å²) in [5.41, 5.74) is 4.24. The maximum absolute atomic E-state index is 13.7. The number of amides is 1. The lowest BCUT2D eigenvalue weighted by atomic mass is 10.1. The highest BCUT2D eigenvalue weighted by molar-refractivity contribution is 8.27. The number of aryl methyl sites for hydroxylation is 1. The number of amidine groups is 2. The van der Waals surface area contributed by atoms with Crippen LogP contribution in [0.25, 0.3) is 11.8 Å². The Hall–Kier alpha value is -3.78. The van der Waals surface area contributed by atoms with Gasteiger partial charge in [-0.2, -0.15) is 15.1 Å². The third kappa shape index (κ3) is 3.38. The van der Waals surface area contributed by atoms with Crippen LogP contribution in [0.3, 0.4) is 0 Å². The minimum Gasteiger partial charge on any atom is -0.318 e. The van der Waals surface area contributed by atoms with E-state index in [1.54, 1.807) is 12.1 Å². The average molecular weight is 444 g/mol. The van der Waals surface area contributed by atoms with E-state index in [1.807, 2.05) is 60.9 Å². The third-order valence-electron chi connectivity index (χ3n) is 5.31. The largest absolute Gasteiger partial charge is 0.318 e. The number of hydrogen-bond donors (Lipinski definition) is 1. The summed E-state index contributed by atoms with van der Waals surface area (Å²) in [6.45, 7) is 3.81. The molecule has 2 aliphatic rings. The lowest BCUT2D eigenvalue weighted by Gasteiger charge is -2.20.